The van der Waals surface area contributed by atoms with Crippen LogP contribution in [0.4, 0.5) is 0 Å². The van der Waals surface area contributed by atoms with Crippen LogP contribution in [0, 0.1) is 5.92 Å². The van der Waals surface area contributed by atoms with Gasteiger partial charge in [-0.1, -0.05) is 67.8 Å². The summed E-state index contributed by atoms with van der Waals surface area (Å²) in [5.74, 6) is -0.600. The summed E-state index contributed by atoms with van der Waals surface area (Å²) in [6.07, 6.45) is 10.6. The van der Waals surface area contributed by atoms with Crippen LogP contribution in [-0.2, 0) is 27.5 Å². The molecule has 1 aliphatic heterocycles. The van der Waals surface area contributed by atoms with Crippen molar-refractivity contribution in [3.63, 3.8) is 0 Å². The van der Waals surface area contributed by atoms with E-state index in [1.807, 2.05) is 30.4 Å². The highest BCUT2D eigenvalue weighted by Crippen LogP contribution is 2.55. The SMILES string of the molecule is COC(=O)[C@@H]1CC=CC2=C3C(=C3C(=O)O)Cn3c(cc4c(OCc5ccccc5)ccc(C5CCCCC5)c43)C21. The number of carbonyl (C=O) groups excluding carboxylic acids is 1. The number of ether oxygens (including phenoxy) is 2. The number of aromatic nitrogens is 1. The Morgan fingerprint density at radius 2 is 1.85 bits per heavy atom. The molecule has 1 N–H and O–H groups in total. The third-order valence-corrected chi connectivity index (χ3v) is 9.22. The van der Waals surface area contributed by atoms with Crippen molar-refractivity contribution in [3.8, 4) is 5.75 Å². The van der Waals surface area contributed by atoms with Crippen molar-refractivity contribution in [1.82, 2.24) is 4.57 Å². The smallest absolute Gasteiger partial charge is 0.336 e. The molecular formula is C34H33NO5. The maximum absolute atomic E-state index is 13.1. The van der Waals surface area contributed by atoms with Crippen molar-refractivity contribution >= 4 is 22.8 Å². The molecule has 0 bridgehead atoms. The molecular weight excluding hydrogens is 502 g/mol. The molecule has 3 aromatic rings. The summed E-state index contributed by atoms with van der Waals surface area (Å²) in [4.78, 5) is 25.3. The largest absolute Gasteiger partial charge is 0.488 e. The van der Waals surface area contributed by atoms with Gasteiger partial charge in [-0.25, -0.2) is 4.79 Å². The molecule has 2 atom stereocenters. The first kappa shape index (κ1) is 24.9. The summed E-state index contributed by atoms with van der Waals surface area (Å²) in [7, 11) is 1.43. The van der Waals surface area contributed by atoms with E-state index in [0.717, 1.165) is 57.5 Å². The lowest BCUT2D eigenvalue weighted by Crippen LogP contribution is -2.28. The molecule has 40 heavy (non-hydrogen) atoms. The number of carbonyl (C=O) groups is 2. The van der Waals surface area contributed by atoms with Crippen LogP contribution in [0.2, 0.25) is 0 Å². The quantitative estimate of drug-likeness (QED) is 0.351. The highest BCUT2D eigenvalue weighted by atomic mass is 16.5. The second-order valence-electron chi connectivity index (χ2n) is 11.4. The number of nitrogens with zero attached hydrogens (tertiary/aromatic N) is 1. The van der Waals surface area contributed by atoms with E-state index in [0.29, 0.717) is 31.1 Å². The number of hydrogen-bond acceptors (Lipinski definition) is 4. The van der Waals surface area contributed by atoms with Crippen molar-refractivity contribution in [1.29, 1.82) is 0 Å². The van der Waals surface area contributed by atoms with Gasteiger partial charge in [0.1, 0.15) is 12.4 Å². The first-order valence-corrected chi connectivity index (χ1v) is 14.3. The highest BCUT2D eigenvalue weighted by molar-refractivity contribution is 6.05. The molecule has 1 saturated carbocycles. The van der Waals surface area contributed by atoms with E-state index in [1.165, 1.54) is 31.9 Å². The standard InChI is InChI=1S/C34H33NO5/c1-39-34(38)24-14-8-13-23-29(24)27-17-25-28(40-19-20-9-4-2-5-10-20)16-15-22(21-11-6-3-7-12-21)32(25)35(27)18-26-30(23)31(26)33(36)37/h2,4-5,8-10,13,15-17,21,24,29H,3,6-7,11-12,14,18-19H2,1H3,(H,36,37)/t24-,29?/m1/s1. The van der Waals surface area contributed by atoms with Crippen molar-refractivity contribution < 1.29 is 24.2 Å². The average Bonchev–Trinajstić information content (AvgIpc) is 3.63. The summed E-state index contributed by atoms with van der Waals surface area (Å²) in [6, 6.07) is 16.7. The van der Waals surface area contributed by atoms with Crippen LogP contribution in [0.1, 0.15) is 67.2 Å². The van der Waals surface area contributed by atoms with E-state index in [-0.39, 0.29) is 11.9 Å². The number of methoxy groups -OCH3 is 1. The third kappa shape index (κ3) is 4.00. The van der Waals surface area contributed by atoms with E-state index in [2.05, 4.69) is 34.9 Å². The molecule has 1 unspecified atom stereocenters. The molecule has 2 heterocycles. The lowest BCUT2D eigenvalue weighted by atomic mass is 9.76. The van der Waals surface area contributed by atoms with Gasteiger partial charge in [-0.15, -0.1) is 0 Å². The molecule has 0 saturated heterocycles. The fourth-order valence-electron chi connectivity index (χ4n) is 7.32. The summed E-state index contributed by atoms with van der Waals surface area (Å²) >= 11 is 0. The zero-order chi connectivity index (χ0) is 27.4. The van der Waals surface area contributed by atoms with Gasteiger partial charge in [-0.3, -0.25) is 4.79 Å². The average molecular weight is 536 g/mol. The molecule has 1 fully saturated rings. The Hall–Kier alpha value is -4.06. The minimum absolute atomic E-state index is 0.265. The fourth-order valence-corrected chi connectivity index (χ4v) is 7.32. The van der Waals surface area contributed by atoms with Crippen molar-refractivity contribution in [2.75, 3.05) is 7.11 Å². The Kier molecular flexibility index (Phi) is 6.14. The van der Waals surface area contributed by atoms with E-state index < -0.39 is 11.9 Å². The van der Waals surface area contributed by atoms with Gasteiger partial charge in [0.2, 0.25) is 0 Å². The number of carboxylic acid groups (broad SMARTS) is 1. The molecule has 6 heteroatoms. The Labute approximate surface area is 233 Å². The second-order valence-corrected chi connectivity index (χ2v) is 11.4. The number of fused-ring (bicyclic) bond motifs is 6. The number of carboxylic acids is 1. The maximum atomic E-state index is 13.1. The first-order chi connectivity index (χ1) is 19.6. The summed E-state index contributed by atoms with van der Waals surface area (Å²) in [5, 5.41) is 11.1. The molecule has 7 rings (SSSR count). The zero-order valence-corrected chi connectivity index (χ0v) is 22.7. The van der Waals surface area contributed by atoms with Gasteiger partial charge in [0.25, 0.3) is 0 Å². The summed E-state index contributed by atoms with van der Waals surface area (Å²) in [5.41, 5.74) is 7.56. The summed E-state index contributed by atoms with van der Waals surface area (Å²) in [6.45, 7) is 0.944. The fraction of sp³-hybridized carbons (Fsp3) is 0.353. The Morgan fingerprint density at radius 3 is 2.60 bits per heavy atom. The van der Waals surface area contributed by atoms with Gasteiger partial charge in [0.15, 0.2) is 0 Å². The molecule has 4 aliphatic rings. The van der Waals surface area contributed by atoms with Crippen LogP contribution in [0.15, 0.2) is 83.0 Å². The molecule has 0 amide bonds. The predicted molar refractivity (Wildman–Crippen MR) is 152 cm³/mol. The third-order valence-electron chi connectivity index (χ3n) is 9.22. The monoisotopic (exact) mass is 535 g/mol. The molecule has 0 spiro atoms. The lowest BCUT2D eigenvalue weighted by molar-refractivity contribution is -0.146. The normalized spacial score (nSPS) is 21.9. The van der Waals surface area contributed by atoms with Gasteiger partial charge in [0.05, 0.1) is 24.1 Å². The van der Waals surface area contributed by atoms with Gasteiger partial charge >= 0.3 is 11.9 Å². The van der Waals surface area contributed by atoms with E-state index in [9.17, 15) is 14.7 Å². The number of allylic oxidation sites excluding steroid dienone is 4. The second kappa shape index (κ2) is 9.84. The number of benzene rings is 2. The molecule has 0 radical (unpaired) electrons. The minimum atomic E-state index is -0.899. The van der Waals surface area contributed by atoms with Crippen LogP contribution < -0.4 is 4.74 Å². The molecule has 1 aromatic heterocycles. The van der Waals surface area contributed by atoms with Crippen molar-refractivity contribution in [3.05, 3.63) is 99.8 Å². The van der Waals surface area contributed by atoms with E-state index >= 15 is 0 Å². The van der Waals surface area contributed by atoms with Gasteiger partial charge in [-0.05, 0) is 65.2 Å². The summed E-state index contributed by atoms with van der Waals surface area (Å²) < 4.78 is 14.0. The van der Waals surface area contributed by atoms with Crippen LogP contribution in [-0.4, -0.2) is 28.7 Å². The topological polar surface area (TPSA) is 77.8 Å². The molecule has 3 aliphatic carbocycles. The van der Waals surface area contributed by atoms with Crippen molar-refractivity contribution in [2.45, 2.75) is 63.5 Å². The van der Waals surface area contributed by atoms with Gasteiger partial charge in [-0.2, -0.15) is 0 Å². The lowest BCUT2D eigenvalue weighted by Gasteiger charge is -2.29. The molecule has 2 aromatic carbocycles. The minimum Gasteiger partial charge on any atom is -0.488 e. The number of hydrogen-bond donors (Lipinski definition) is 1. The van der Waals surface area contributed by atoms with Crippen LogP contribution in [0.25, 0.3) is 10.9 Å². The van der Waals surface area contributed by atoms with Gasteiger partial charge < -0.3 is 19.1 Å². The Balaban J connectivity index is 1.44. The predicted octanol–water partition coefficient (Wildman–Crippen LogP) is 6.81. The van der Waals surface area contributed by atoms with Crippen LogP contribution in [0.3, 0.4) is 0 Å². The van der Waals surface area contributed by atoms with Crippen LogP contribution in [0.5, 0.6) is 5.75 Å². The zero-order valence-electron chi connectivity index (χ0n) is 22.7. The molecule has 6 nitrogen and oxygen atoms in total. The Morgan fingerprint density at radius 1 is 1.05 bits per heavy atom. The molecule has 204 valence electrons. The van der Waals surface area contributed by atoms with Crippen LogP contribution >= 0.6 is 0 Å². The van der Waals surface area contributed by atoms with E-state index in [1.54, 1.807) is 0 Å². The number of aliphatic carboxylic acids is 1. The maximum Gasteiger partial charge on any atom is 0.336 e. The number of rotatable bonds is 6. The highest BCUT2D eigenvalue weighted by Gasteiger charge is 2.47. The first-order valence-electron chi connectivity index (χ1n) is 14.3. The van der Waals surface area contributed by atoms with E-state index in [4.69, 9.17) is 9.47 Å². The van der Waals surface area contributed by atoms with Crippen molar-refractivity contribution in [2.24, 2.45) is 5.92 Å². The number of esters is 1. The van der Waals surface area contributed by atoms with Gasteiger partial charge in [0, 0.05) is 23.5 Å². The Bertz CT molecular complexity index is 1620.